The molecule has 0 bridgehead atoms. The average molecular weight is 508 g/mol. The molecule has 3 heterocycles. The van der Waals surface area contributed by atoms with Crippen LogP contribution in [0.15, 0.2) is 42.6 Å². The smallest absolute Gasteiger partial charge is 0.227 e. The first kappa shape index (κ1) is 27.5. The van der Waals surface area contributed by atoms with Gasteiger partial charge in [-0.1, -0.05) is 26.0 Å². The van der Waals surface area contributed by atoms with Crippen molar-refractivity contribution in [3.05, 3.63) is 65.5 Å². The van der Waals surface area contributed by atoms with Gasteiger partial charge in [0.1, 0.15) is 17.2 Å². The standard InChI is InChI=1S/C27H35F2N3O2.ClH/c1-17-13-31(14-18(2)27(17,34)24-8-6-7-11-30-24)25(33)22-16-32(26(3,4)5)15-21(22)20-10-9-19(28)12-23(20)29;/h6-12,17-18,21-22,34H,13-16H2,1-5H3;1H/t17?,18?,21-,22+,27?;/m0./s1. The Balaban J connectivity index is 0.00000342. The van der Waals surface area contributed by atoms with Crippen molar-refractivity contribution in [2.24, 2.45) is 17.8 Å². The third-order valence-electron chi connectivity index (χ3n) is 7.83. The number of aliphatic hydroxyl groups is 1. The number of hydrogen-bond donors (Lipinski definition) is 1. The van der Waals surface area contributed by atoms with Crippen LogP contribution in [-0.4, -0.2) is 57.5 Å². The normalized spacial score (nSPS) is 29.7. The molecule has 2 aliphatic heterocycles. The summed E-state index contributed by atoms with van der Waals surface area (Å²) in [5.41, 5.74) is -0.318. The largest absolute Gasteiger partial charge is 0.383 e. The molecular weight excluding hydrogens is 472 g/mol. The summed E-state index contributed by atoms with van der Waals surface area (Å²) < 4.78 is 28.4. The maximum Gasteiger partial charge on any atom is 0.227 e. The van der Waals surface area contributed by atoms with E-state index in [1.54, 1.807) is 6.20 Å². The number of aromatic nitrogens is 1. The molecule has 2 fully saturated rings. The van der Waals surface area contributed by atoms with Gasteiger partial charge in [-0.05, 0) is 44.5 Å². The van der Waals surface area contributed by atoms with Gasteiger partial charge >= 0.3 is 0 Å². The summed E-state index contributed by atoms with van der Waals surface area (Å²) in [6, 6.07) is 9.14. The lowest BCUT2D eigenvalue weighted by atomic mass is 9.72. The molecule has 5 nitrogen and oxygen atoms in total. The maximum absolute atomic E-state index is 14.8. The number of piperidine rings is 1. The highest BCUT2D eigenvalue weighted by Crippen LogP contribution is 2.43. The van der Waals surface area contributed by atoms with Crippen molar-refractivity contribution in [1.82, 2.24) is 14.8 Å². The van der Waals surface area contributed by atoms with Crippen LogP contribution in [0.4, 0.5) is 8.78 Å². The van der Waals surface area contributed by atoms with Crippen molar-refractivity contribution in [1.29, 1.82) is 0 Å². The molecule has 35 heavy (non-hydrogen) atoms. The molecule has 4 atom stereocenters. The summed E-state index contributed by atoms with van der Waals surface area (Å²) in [5, 5.41) is 11.6. The van der Waals surface area contributed by atoms with Gasteiger partial charge in [0.25, 0.3) is 0 Å². The van der Waals surface area contributed by atoms with Crippen LogP contribution >= 0.6 is 12.4 Å². The molecule has 2 aliphatic rings. The van der Waals surface area contributed by atoms with Gasteiger partial charge in [0, 0.05) is 61.7 Å². The third-order valence-corrected chi connectivity index (χ3v) is 7.83. The Morgan fingerprint density at radius 2 is 1.71 bits per heavy atom. The van der Waals surface area contributed by atoms with E-state index in [4.69, 9.17) is 0 Å². The van der Waals surface area contributed by atoms with Crippen LogP contribution in [-0.2, 0) is 10.4 Å². The van der Waals surface area contributed by atoms with E-state index in [0.29, 0.717) is 37.4 Å². The monoisotopic (exact) mass is 507 g/mol. The number of carbonyl (C=O) groups is 1. The number of rotatable bonds is 3. The lowest BCUT2D eigenvalue weighted by Crippen LogP contribution is -2.57. The summed E-state index contributed by atoms with van der Waals surface area (Å²) in [5.74, 6) is -2.53. The summed E-state index contributed by atoms with van der Waals surface area (Å²) in [6.45, 7) is 11.9. The number of halogens is 3. The predicted octanol–water partition coefficient (Wildman–Crippen LogP) is 4.60. The molecule has 0 saturated carbocycles. The first-order chi connectivity index (χ1) is 15.9. The summed E-state index contributed by atoms with van der Waals surface area (Å²) in [6.07, 6.45) is 1.67. The Labute approximate surface area is 212 Å². The highest BCUT2D eigenvalue weighted by Gasteiger charge is 2.50. The second kappa shape index (κ2) is 10.1. The van der Waals surface area contributed by atoms with Crippen molar-refractivity contribution < 1.29 is 18.7 Å². The molecule has 1 N–H and O–H groups in total. The number of nitrogens with zero attached hydrogens (tertiary/aromatic N) is 3. The molecule has 4 rings (SSSR count). The zero-order chi connectivity index (χ0) is 24.8. The Bertz CT molecular complexity index is 1030. The van der Waals surface area contributed by atoms with Crippen molar-refractivity contribution >= 4 is 18.3 Å². The Kier molecular flexibility index (Phi) is 7.94. The maximum atomic E-state index is 14.8. The quantitative estimate of drug-likeness (QED) is 0.660. The fourth-order valence-electron chi connectivity index (χ4n) is 5.74. The van der Waals surface area contributed by atoms with Gasteiger partial charge in [0.15, 0.2) is 0 Å². The summed E-state index contributed by atoms with van der Waals surface area (Å²) in [7, 11) is 0. The molecule has 2 unspecified atom stereocenters. The highest BCUT2D eigenvalue weighted by atomic mass is 35.5. The zero-order valence-corrected chi connectivity index (χ0v) is 21.9. The Morgan fingerprint density at radius 1 is 1.06 bits per heavy atom. The Morgan fingerprint density at radius 3 is 2.26 bits per heavy atom. The molecule has 2 aromatic rings. The number of hydrogen-bond acceptors (Lipinski definition) is 4. The molecule has 1 aromatic carbocycles. The van der Waals surface area contributed by atoms with Crippen molar-refractivity contribution in [3.63, 3.8) is 0 Å². The highest BCUT2D eigenvalue weighted by molar-refractivity contribution is 5.85. The van der Waals surface area contributed by atoms with E-state index < -0.39 is 23.2 Å². The predicted molar refractivity (Wildman–Crippen MR) is 134 cm³/mol. The molecule has 8 heteroatoms. The number of carbonyl (C=O) groups excluding carboxylic acids is 1. The van der Waals surface area contributed by atoms with Crippen LogP contribution in [0, 0.1) is 29.4 Å². The van der Waals surface area contributed by atoms with Crippen LogP contribution in [0.5, 0.6) is 0 Å². The minimum atomic E-state index is -1.13. The van der Waals surface area contributed by atoms with E-state index in [-0.39, 0.29) is 41.6 Å². The second-order valence-electron chi connectivity index (χ2n) is 11.0. The van der Waals surface area contributed by atoms with Crippen molar-refractivity contribution in [3.8, 4) is 0 Å². The van der Waals surface area contributed by atoms with E-state index in [2.05, 4.69) is 30.7 Å². The first-order valence-electron chi connectivity index (χ1n) is 12.1. The van der Waals surface area contributed by atoms with Crippen LogP contribution in [0.2, 0.25) is 0 Å². The number of likely N-dealkylation sites (tertiary alicyclic amines) is 2. The van der Waals surface area contributed by atoms with E-state index in [1.165, 1.54) is 12.1 Å². The zero-order valence-electron chi connectivity index (χ0n) is 21.0. The van der Waals surface area contributed by atoms with Gasteiger partial charge in [-0.2, -0.15) is 0 Å². The number of pyridine rings is 1. The molecule has 0 radical (unpaired) electrons. The molecule has 1 amide bonds. The van der Waals surface area contributed by atoms with Gasteiger partial charge in [-0.15, -0.1) is 12.4 Å². The molecule has 0 spiro atoms. The van der Waals surface area contributed by atoms with E-state index in [9.17, 15) is 18.7 Å². The topological polar surface area (TPSA) is 56.7 Å². The first-order valence-corrected chi connectivity index (χ1v) is 12.1. The van der Waals surface area contributed by atoms with Crippen molar-refractivity contribution in [2.45, 2.75) is 51.7 Å². The van der Waals surface area contributed by atoms with Crippen LogP contribution < -0.4 is 0 Å². The third kappa shape index (κ3) is 5.09. The number of benzene rings is 1. The van der Waals surface area contributed by atoms with Gasteiger partial charge < -0.3 is 10.0 Å². The molecule has 192 valence electrons. The van der Waals surface area contributed by atoms with E-state index in [0.717, 1.165) is 6.07 Å². The lowest BCUT2D eigenvalue weighted by Gasteiger charge is -2.48. The minimum absolute atomic E-state index is 0. The second-order valence-corrected chi connectivity index (χ2v) is 11.0. The molecule has 0 aliphatic carbocycles. The van der Waals surface area contributed by atoms with Crippen LogP contribution in [0.1, 0.15) is 51.8 Å². The molecule has 1 aromatic heterocycles. The lowest BCUT2D eigenvalue weighted by molar-refractivity contribution is -0.153. The van der Waals surface area contributed by atoms with E-state index >= 15 is 0 Å². The fourth-order valence-corrected chi connectivity index (χ4v) is 5.74. The van der Waals surface area contributed by atoms with Gasteiger partial charge in [0.2, 0.25) is 5.91 Å². The van der Waals surface area contributed by atoms with Gasteiger partial charge in [0.05, 0.1) is 11.6 Å². The van der Waals surface area contributed by atoms with Gasteiger partial charge in [-0.25, -0.2) is 8.78 Å². The number of amides is 1. The van der Waals surface area contributed by atoms with E-state index in [1.807, 2.05) is 36.9 Å². The fraction of sp³-hybridized carbons (Fsp3) is 0.556. The van der Waals surface area contributed by atoms with Gasteiger partial charge in [-0.3, -0.25) is 14.7 Å². The average Bonchev–Trinajstić information content (AvgIpc) is 3.23. The molecule has 2 saturated heterocycles. The van der Waals surface area contributed by atoms with Crippen LogP contribution in [0.25, 0.3) is 0 Å². The van der Waals surface area contributed by atoms with Crippen molar-refractivity contribution in [2.75, 3.05) is 26.2 Å². The molecular formula is C27H36ClF2N3O2. The Hall–Kier alpha value is -2.09. The van der Waals surface area contributed by atoms with Crippen LogP contribution in [0.3, 0.4) is 0 Å². The minimum Gasteiger partial charge on any atom is -0.383 e. The summed E-state index contributed by atoms with van der Waals surface area (Å²) >= 11 is 0. The summed E-state index contributed by atoms with van der Waals surface area (Å²) in [4.78, 5) is 22.3. The SMILES string of the molecule is CC1CN(C(=O)[C@@H]2CN(C(C)(C)C)C[C@H]2c2ccc(F)cc2F)CC(C)C1(O)c1ccccn1.Cl.